The van der Waals surface area contributed by atoms with Crippen molar-refractivity contribution >= 4 is 5.97 Å². The fourth-order valence-corrected chi connectivity index (χ4v) is 1.09. The molecule has 0 aromatic heterocycles. The summed E-state index contributed by atoms with van der Waals surface area (Å²) in [5.74, 6) is -0.206. The van der Waals surface area contributed by atoms with Crippen molar-refractivity contribution < 1.29 is 14.3 Å². The van der Waals surface area contributed by atoms with Crippen LogP contribution in [-0.4, -0.2) is 37.4 Å². The maximum Gasteiger partial charge on any atom is 0.326 e. The summed E-state index contributed by atoms with van der Waals surface area (Å²) in [7, 11) is 0. The number of esters is 1. The summed E-state index contributed by atoms with van der Waals surface area (Å²) in [5, 5.41) is 3.06. The highest BCUT2D eigenvalue weighted by Gasteiger charge is 2.32. The zero-order valence-electron chi connectivity index (χ0n) is 8.42. The molecular formula is C9H17NO3. The van der Waals surface area contributed by atoms with Crippen LogP contribution >= 0.6 is 0 Å². The van der Waals surface area contributed by atoms with Gasteiger partial charge in [0, 0.05) is 0 Å². The molecule has 1 saturated heterocycles. The molecule has 0 aromatic carbocycles. The van der Waals surface area contributed by atoms with E-state index in [9.17, 15) is 4.79 Å². The number of rotatable bonds is 4. The van der Waals surface area contributed by atoms with E-state index in [4.69, 9.17) is 9.47 Å². The SMILES string of the molecule is CCNC(C)(C)C(=O)OC1COC1. The Kier molecular flexibility index (Phi) is 3.27. The van der Waals surface area contributed by atoms with Gasteiger partial charge in [-0.3, -0.25) is 4.79 Å². The van der Waals surface area contributed by atoms with E-state index in [1.165, 1.54) is 0 Å². The number of carbonyl (C=O) groups is 1. The zero-order chi connectivity index (χ0) is 9.90. The van der Waals surface area contributed by atoms with Crippen LogP contribution in [0.15, 0.2) is 0 Å². The molecule has 0 atom stereocenters. The monoisotopic (exact) mass is 187 g/mol. The van der Waals surface area contributed by atoms with Gasteiger partial charge < -0.3 is 14.8 Å². The molecule has 0 radical (unpaired) electrons. The lowest BCUT2D eigenvalue weighted by Gasteiger charge is -2.30. The average molecular weight is 187 g/mol. The molecule has 0 bridgehead atoms. The highest BCUT2D eigenvalue weighted by Crippen LogP contribution is 2.11. The summed E-state index contributed by atoms with van der Waals surface area (Å²) in [5.41, 5.74) is -0.593. The van der Waals surface area contributed by atoms with E-state index in [1.54, 1.807) is 0 Å². The van der Waals surface area contributed by atoms with Crippen molar-refractivity contribution in [2.45, 2.75) is 32.4 Å². The van der Waals surface area contributed by atoms with Crippen LogP contribution in [-0.2, 0) is 14.3 Å². The Morgan fingerprint density at radius 2 is 2.23 bits per heavy atom. The summed E-state index contributed by atoms with van der Waals surface area (Å²) in [6, 6.07) is 0. The predicted octanol–water partition coefficient (Wildman–Crippen LogP) is 0.316. The Bertz CT molecular complexity index is 187. The topological polar surface area (TPSA) is 47.6 Å². The largest absolute Gasteiger partial charge is 0.456 e. The average Bonchev–Trinajstić information content (AvgIpc) is 1.96. The lowest BCUT2D eigenvalue weighted by Crippen LogP contribution is -2.51. The lowest BCUT2D eigenvalue weighted by atomic mass is 10.1. The molecule has 1 heterocycles. The Morgan fingerprint density at radius 1 is 1.62 bits per heavy atom. The van der Waals surface area contributed by atoms with Gasteiger partial charge in [-0.2, -0.15) is 0 Å². The van der Waals surface area contributed by atoms with Crippen molar-refractivity contribution in [2.24, 2.45) is 0 Å². The van der Waals surface area contributed by atoms with Crippen molar-refractivity contribution in [3.63, 3.8) is 0 Å². The minimum Gasteiger partial charge on any atom is -0.456 e. The molecule has 0 saturated carbocycles. The van der Waals surface area contributed by atoms with Crippen molar-refractivity contribution in [3.8, 4) is 0 Å². The Labute approximate surface area is 78.6 Å². The van der Waals surface area contributed by atoms with Crippen LogP contribution in [0.25, 0.3) is 0 Å². The van der Waals surface area contributed by atoms with Gasteiger partial charge in [0.1, 0.15) is 11.6 Å². The first-order valence-electron chi connectivity index (χ1n) is 4.60. The Balaban J connectivity index is 2.35. The summed E-state index contributed by atoms with van der Waals surface area (Å²) < 4.78 is 10.1. The van der Waals surface area contributed by atoms with Gasteiger partial charge in [0.2, 0.25) is 0 Å². The molecule has 0 aromatic rings. The lowest BCUT2D eigenvalue weighted by molar-refractivity contribution is -0.178. The Morgan fingerprint density at radius 3 is 2.62 bits per heavy atom. The number of carbonyl (C=O) groups excluding carboxylic acids is 1. The molecule has 13 heavy (non-hydrogen) atoms. The van der Waals surface area contributed by atoms with Crippen LogP contribution in [0.3, 0.4) is 0 Å². The third-order valence-corrected chi connectivity index (χ3v) is 2.01. The summed E-state index contributed by atoms with van der Waals surface area (Å²) in [6.45, 7) is 7.42. The fourth-order valence-electron chi connectivity index (χ4n) is 1.09. The third-order valence-electron chi connectivity index (χ3n) is 2.01. The van der Waals surface area contributed by atoms with Gasteiger partial charge in [-0.1, -0.05) is 6.92 Å². The van der Waals surface area contributed by atoms with Crippen LogP contribution in [0.1, 0.15) is 20.8 Å². The van der Waals surface area contributed by atoms with Gasteiger partial charge in [0.15, 0.2) is 0 Å². The Hall–Kier alpha value is -0.610. The first-order valence-corrected chi connectivity index (χ1v) is 4.60. The molecule has 1 rings (SSSR count). The van der Waals surface area contributed by atoms with Gasteiger partial charge in [0.05, 0.1) is 13.2 Å². The predicted molar refractivity (Wildman–Crippen MR) is 48.5 cm³/mol. The standard InChI is InChI=1S/C9H17NO3/c1-4-10-9(2,3)8(11)13-7-5-12-6-7/h7,10H,4-6H2,1-3H3. The molecule has 1 aliphatic heterocycles. The molecular weight excluding hydrogens is 170 g/mol. The van der Waals surface area contributed by atoms with E-state index in [1.807, 2.05) is 20.8 Å². The third kappa shape index (κ3) is 2.67. The molecule has 0 aliphatic carbocycles. The second-order valence-corrected chi connectivity index (χ2v) is 3.72. The molecule has 0 unspecified atom stereocenters. The van der Waals surface area contributed by atoms with E-state index in [2.05, 4.69) is 5.32 Å². The van der Waals surface area contributed by atoms with Gasteiger partial charge in [0.25, 0.3) is 0 Å². The molecule has 4 heteroatoms. The second-order valence-electron chi connectivity index (χ2n) is 3.72. The second kappa shape index (κ2) is 4.07. The number of ether oxygens (including phenoxy) is 2. The molecule has 76 valence electrons. The molecule has 0 amide bonds. The van der Waals surface area contributed by atoms with Crippen molar-refractivity contribution in [1.29, 1.82) is 0 Å². The first-order chi connectivity index (χ1) is 6.06. The van der Waals surface area contributed by atoms with Gasteiger partial charge >= 0.3 is 5.97 Å². The van der Waals surface area contributed by atoms with E-state index >= 15 is 0 Å². The highest BCUT2D eigenvalue weighted by molar-refractivity contribution is 5.80. The van der Waals surface area contributed by atoms with E-state index in [-0.39, 0.29) is 12.1 Å². The van der Waals surface area contributed by atoms with Crippen LogP contribution in [0.4, 0.5) is 0 Å². The maximum absolute atomic E-state index is 11.5. The molecule has 4 nitrogen and oxygen atoms in total. The van der Waals surface area contributed by atoms with Crippen LogP contribution in [0.5, 0.6) is 0 Å². The van der Waals surface area contributed by atoms with Crippen LogP contribution in [0.2, 0.25) is 0 Å². The van der Waals surface area contributed by atoms with Crippen molar-refractivity contribution in [1.82, 2.24) is 5.32 Å². The van der Waals surface area contributed by atoms with Crippen LogP contribution < -0.4 is 5.32 Å². The number of nitrogens with one attached hydrogen (secondary N) is 1. The zero-order valence-corrected chi connectivity index (χ0v) is 8.42. The van der Waals surface area contributed by atoms with E-state index in [0.717, 1.165) is 6.54 Å². The number of hydrogen-bond donors (Lipinski definition) is 1. The quantitative estimate of drug-likeness (QED) is 0.644. The first kappa shape index (κ1) is 10.5. The number of likely N-dealkylation sites (N-methyl/N-ethyl adjacent to an activating group) is 1. The molecule has 1 N–H and O–H groups in total. The van der Waals surface area contributed by atoms with Crippen molar-refractivity contribution in [3.05, 3.63) is 0 Å². The summed E-state index contributed by atoms with van der Waals surface area (Å²) in [4.78, 5) is 11.5. The normalized spacial score (nSPS) is 18.1. The van der Waals surface area contributed by atoms with Gasteiger partial charge in [-0.05, 0) is 20.4 Å². The maximum atomic E-state index is 11.5. The van der Waals surface area contributed by atoms with Crippen molar-refractivity contribution in [2.75, 3.05) is 19.8 Å². The van der Waals surface area contributed by atoms with E-state index < -0.39 is 5.54 Å². The fraction of sp³-hybridized carbons (Fsp3) is 0.889. The molecule has 1 fully saturated rings. The minimum absolute atomic E-state index is 0.0366. The molecule has 1 aliphatic rings. The smallest absolute Gasteiger partial charge is 0.326 e. The minimum atomic E-state index is -0.593. The van der Waals surface area contributed by atoms with Crippen LogP contribution in [0, 0.1) is 0 Å². The van der Waals surface area contributed by atoms with Gasteiger partial charge in [-0.25, -0.2) is 0 Å². The molecule has 0 spiro atoms. The summed E-state index contributed by atoms with van der Waals surface area (Å²) >= 11 is 0. The highest BCUT2D eigenvalue weighted by atomic mass is 16.6. The van der Waals surface area contributed by atoms with E-state index in [0.29, 0.717) is 13.2 Å². The number of hydrogen-bond acceptors (Lipinski definition) is 4. The van der Waals surface area contributed by atoms with Gasteiger partial charge in [-0.15, -0.1) is 0 Å². The summed E-state index contributed by atoms with van der Waals surface area (Å²) in [6.07, 6.45) is -0.0366.